The Labute approximate surface area is 205 Å². The van der Waals surface area contributed by atoms with E-state index in [4.69, 9.17) is 14.5 Å². The Morgan fingerprint density at radius 3 is 2.65 bits per heavy atom. The number of rotatable bonds is 7. The van der Waals surface area contributed by atoms with Crippen molar-refractivity contribution in [2.75, 3.05) is 46.5 Å². The Morgan fingerprint density at radius 1 is 1.24 bits per heavy atom. The molecule has 8 nitrogen and oxygen atoms in total. The van der Waals surface area contributed by atoms with Crippen LogP contribution in [0.1, 0.15) is 38.8 Å². The number of aliphatic imine (C=N–C) groups is 1. The number of allylic oxidation sites excluding steroid dienone is 1. The summed E-state index contributed by atoms with van der Waals surface area (Å²) in [5.74, 6) is 0.744. The largest absolute Gasteiger partial charge is 0.497 e. The summed E-state index contributed by atoms with van der Waals surface area (Å²) >= 11 is 1.50. The van der Waals surface area contributed by atoms with Crippen LogP contribution in [0.4, 0.5) is 0 Å². The Kier molecular flexibility index (Phi) is 7.63. The van der Waals surface area contributed by atoms with Crippen molar-refractivity contribution >= 4 is 28.7 Å². The third-order valence-corrected chi connectivity index (χ3v) is 7.28. The van der Waals surface area contributed by atoms with E-state index in [-0.39, 0.29) is 18.2 Å². The molecule has 0 N–H and O–H groups in total. The molecule has 1 fully saturated rings. The molecule has 9 heteroatoms. The number of fused-ring (bicyclic) bond motifs is 1. The summed E-state index contributed by atoms with van der Waals surface area (Å²) in [6.07, 6.45) is 0.248. The average Bonchev–Trinajstić information content (AvgIpc) is 3.26. The fourth-order valence-electron chi connectivity index (χ4n) is 4.53. The smallest absolute Gasteiger partial charge is 0.254 e. The Morgan fingerprint density at radius 2 is 1.97 bits per heavy atom. The number of thioether (sulfide) groups is 1. The predicted molar refractivity (Wildman–Crippen MR) is 133 cm³/mol. The quantitative estimate of drug-likeness (QED) is 0.591. The standard InChI is InChI=1S/C25H32N4O4S/c1-5-27(6-2)24(31)22-17(3)26-25-29(23(22)18-8-7-9-20(14-18)32-4)19(16-34-25)15-21(30)28-10-12-33-13-11-28/h7-9,14,16,23H,5-6,10-13,15H2,1-4H3. The van der Waals surface area contributed by atoms with E-state index in [1.807, 2.05) is 60.2 Å². The van der Waals surface area contributed by atoms with E-state index in [1.54, 1.807) is 7.11 Å². The van der Waals surface area contributed by atoms with E-state index >= 15 is 0 Å². The van der Waals surface area contributed by atoms with Crippen LogP contribution in [0, 0.1) is 0 Å². The zero-order valence-electron chi connectivity index (χ0n) is 20.2. The fraction of sp³-hybridized carbons (Fsp3) is 0.480. The molecular formula is C25H32N4O4S. The van der Waals surface area contributed by atoms with Crippen molar-refractivity contribution in [3.8, 4) is 5.75 Å². The maximum Gasteiger partial charge on any atom is 0.254 e. The second-order valence-electron chi connectivity index (χ2n) is 8.32. The van der Waals surface area contributed by atoms with Crippen molar-refractivity contribution in [1.29, 1.82) is 0 Å². The summed E-state index contributed by atoms with van der Waals surface area (Å²) in [7, 11) is 1.63. The SMILES string of the molecule is CCN(CC)C(=O)C1=C(C)N=C2SC=C(CC(=O)N3CCOCC3)N2C1c1cccc(OC)c1. The van der Waals surface area contributed by atoms with Crippen molar-refractivity contribution in [3.05, 3.63) is 52.2 Å². The lowest BCUT2D eigenvalue weighted by Gasteiger charge is -2.38. The normalized spacial score (nSPS) is 20.1. The van der Waals surface area contributed by atoms with Gasteiger partial charge in [-0.15, -0.1) is 0 Å². The first-order valence-corrected chi connectivity index (χ1v) is 12.6. The minimum atomic E-state index is -0.394. The van der Waals surface area contributed by atoms with Crippen molar-refractivity contribution in [2.45, 2.75) is 33.2 Å². The number of hydrogen-bond donors (Lipinski definition) is 0. The molecule has 0 saturated carbocycles. The van der Waals surface area contributed by atoms with Gasteiger partial charge in [-0.05, 0) is 43.9 Å². The molecule has 182 valence electrons. The van der Waals surface area contributed by atoms with Gasteiger partial charge in [-0.25, -0.2) is 4.99 Å². The second-order valence-corrected chi connectivity index (χ2v) is 9.15. The Bertz CT molecular complexity index is 1040. The van der Waals surface area contributed by atoms with Gasteiger partial charge in [0, 0.05) is 31.9 Å². The van der Waals surface area contributed by atoms with Crippen LogP contribution in [-0.4, -0.2) is 78.2 Å². The highest BCUT2D eigenvalue weighted by Crippen LogP contribution is 2.45. The van der Waals surface area contributed by atoms with Crippen LogP contribution in [0.3, 0.4) is 0 Å². The third kappa shape index (κ3) is 4.72. The molecule has 0 spiro atoms. The van der Waals surface area contributed by atoms with Gasteiger partial charge < -0.3 is 24.2 Å². The summed E-state index contributed by atoms with van der Waals surface area (Å²) in [6.45, 7) is 9.40. The zero-order chi connectivity index (χ0) is 24.2. The molecule has 3 aliphatic rings. The van der Waals surface area contributed by atoms with Gasteiger partial charge >= 0.3 is 0 Å². The molecule has 3 heterocycles. The van der Waals surface area contributed by atoms with Crippen molar-refractivity contribution < 1.29 is 19.1 Å². The number of benzene rings is 1. The van der Waals surface area contributed by atoms with Gasteiger partial charge in [-0.2, -0.15) is 0 Å². The van der Waals surface area contributed by atoms with E-state index in [0.717, 1.165) is 22.2 Å². The van der Waals surface area contributed by atoms with Gasteiger partial charge in [-0.3, -0.25) is 9.59 Å². The van der Waals surface area contributed by atoms with Crippen LogP contribution in [0.5, 0.6) is 5.75 Å². The fourth-order valence-corrected chi connectivity index (χ4v) is 5.50. The summed E-state index contributed by atoms with van der Waals surface area (Å²) in [6, 6.07) is 7.39. The Balaban J connectivity index is 1.73. The number of likely N-dealkylation sites (N-methyl/N-ethyl adjacent to an activating group) is 1. The lowest BCUT2D eigenvalue weighted by atomic mass is 9.92. The van der Waals surface area contributed by atoms with Crippen LogP contribution in [0.15, 0.2) is 51.6 Å². The van der Waals surface area contributed by atoms with Gasteiger partial charge in [0.1, 0.15) is 5.75 Å². The number of amides is 2. The molecule has 1 atom stereocenters. The van der Waals surface area contributed by atoms with Gasteiger partial charge in [0.25, 0.3) is 5.91 Å². The van der Waals surface area contributed by atoms with E-state index < -0.39 is 6.04 Å². The minimum Gasteiger partial charge on any atom is -0.497 e. The number of hydrogen-bond acceptors (Lipinski definition) is 7. The molecule has 0 radical (unpaired) electrons. The van der Waals surface area contributed by atoms with Crippen molar-refractivity contribution in [3.63, 3.8) is 0 Å². The van der Waals surface area contributed by atoms with Gasteiger partial charge in [0.2, 0.25) is 5.91 Å². The van der Waals surface area contributed by atoms with Crippen LogP contribution in [-0.2, 0) is 14.3 Å². The Hall–Kier alpha value is -2.78. The number of methoxy groups -OCH3 is 1. The molecule has 0 aromatic heterocycles. The number of carbonyl (C=O) groups is 2. The first-order chi connectivity index (χ1) is 16.5. The minimum absolute atomic E-state index is 0.0334. The number of ether oxygens (including phenoxy) is 2. The van der Waals surface area contributed by atoms with Crippen LogP contribution < -0.4 is 4.74 Å². The second kappa shape index (κ2) is 10.7. The van der Waals surface area contributed by atoms with Gasteiger partial charge in [0.15, 0.2) is 5.17 Å². The topological polar surface area (TPSA) is 74.7 Å². The monoisotopic (exact) mass is 484 g/mol. The number of carbonyl (C=O) groups excluding carboxylic acids is 2. The summed E-state index contributed by atoms with van der Waals surface area (Å²) in [5, 5.41) is 2.77. The summed E-state index contributed by atoms with van der Waals surface area (Å²) in [4.78, 5) is 37.3. The molecule has 2 amide bonds. The number of nitrogens with zero attached hydrogens (tertiary/aromatic N) is 4. The third-order valence-electron chi connectivity index (χ3n) is 6.39. The highest BCUT2D eigenvalue weighted by atomic mass is 32.2. The number of morpholine rings is 1. The molecule has 4 rings (SSSR count). The molecule has 1 saturated heterocycles. The van der Waals surface area contributed by atoms with Gasteiger partial charge in [-0.1, -0.05) is 23.9 Å². The van der Waals surface area contributed by atoms with Crippen molar-refractivity contribution in [2.24, 2.45) is 4.99 Å². The summed E-state index contributed by atoms with van der Waals surface area (Å²) in [5.41, 5.74) is 3.12. The molecule has 3 aliphatic heterocycles. The van der Waals surface area contributed by atoms with Crippen LogP contribution >= 0.6 is 11.8 Å². The van der Waals surface area contributed by atoms with Crippen LogP contribution in [0.2, 0.25) is 0 Å². The maximum atomic E-state index is 13.7. The molecule has 1 aromatic rings. The first kappa shape index (κ1) is 24.3. The van der Waals surface area contributed by atoms with Crippen LogP contribution in [0.25, 0.3) is 0 Å². The molecule has 34 heavy (non-hydrogen) atoms. The highest BCUT2D eigenvalue weighted by molar-refractivity contribution is 8.16. The number of amidine groups is 1. The summed E-state index contributed by atoms with van der Waals surface area (Å²) < 4.78 is 10.9. The predicted octanol–water partition coefficient (Wildman–Crippen LogP) is 3.39. The molecule has 0 bridgehead atoms. The van der Waals surface area contributed by atoms with Crippen molar-refractivity contribution in [1.82, 2.24) is 14.7 Å². The molecule has 1 aromatic carbocycles. The van der Waals surface area contributed by atoms with Gasteiger partial charge in [0.05, 0.1) is 44.1 Å². The molecule has 1 unspecified atom stereocenters. The van der Waals surface area contributed by atoms with E-state index in [2.05, 4.69) is 4.90 Å². The zero-order valence-corrected chi connectivity index (χ0v) is 21.1. The highest BCUT2D eigenvalue weighted by Gasteiger charge is 2.41. The first-order valence-electron chi connectivity index (χ1n) is 11.7. The average molecular weight is 485 g/mol. The lowest BCUT2D eigenvalue weighted by molar-refractivity contribution is -0.134. The van der Waals surface area contributed by atoms with E-state index in [0.29, 0.717) is 50.7 Å². The van der Waals surface area contributed by atoms with E-state index in [1.165, 1.54) is 11.8 Å². The maximum absolute atomic E-state index is 13.7. The molecule has 0 aliphatic carbocycles. The molecular weight excluding hydrogens is 452 g/mol. The lowest BCUT2D eigenvalue weighted by Crippen LogP contribution is -2.43. The van der Waals surface area contributed by atoms with E-state index in [9.17, 15) is 9.59 Å².